The van der Waals surface area contributed by atoms with Crippen LogP contribution in [0.2, 0.25) is 0 Å². The fourth-order valence-corrected chi connectivity index (χ4v) is 2.99. The highest BCUT2D eigenvalue weighted by Crippen LogP contribution is 2.43. The van der Waals surface area contributed by atoms with E-state index in [1.807, 2.05) is 12.1 Å². The number of carbonyl (C=O) groups excluding carboxylic acids is 2. The lowest BCUT2D eigenvalue weighted by Gasteiger charge is -2.36. The zero-order chi connectivity index (χ0) is 22.4. The van der Waals surface area contributed by atoms with E-state index in [1.165, 1.54) is 12.5 Å². The van der Waals surface area contributed by atoms with Crippen LogP contribution in [0.5, 0.6) is 0 Å². The Kier molecular flexibility index (Phi) is 8.64. The van der Waals surface area contributed by atoms with Crippen molar-refractivity contribution >= 4 is 11.9 Å². The minimum absolute atomic E-state index is 0.0979. The van der Waals surface area contributed by atoms with E-state index in [9.17, 15) is 14.7 Å². The summed E-state index contributed by atoms with van der Waals surface area (Å²) in [6.45, 7) is 17.9. The summed E-state index contributed by atoms with van der Waals surface area (Å²) in [7, 11) is 0. The van der Waals surface area contributed by atoms with Crippen molar-refractivity contribution < 1.29 is 24.2 Å². The van der Waals surface area contributed by atoms with Crippen molar-refractivity contribution in [1.29, 1.82) is 0 Å². The van der Waals surface area contributed by atoms with Crippen LogP contribution in [0, 0.1) is 10.8 Å². The Morgan fingerprint density at radius 2 is 1.52 bits per heavy atom. The standard InChI is InChI=1S/C24H36O5/c1-16(2)21(26)28-14-19(25)15-29-22(27)18-11-9-17(10-12-18)20(24(6,7)8)13-23(3,4)5/h9-12,19-20,25H,1,13-15H2,2-8H3. The molecule has 0 saturated heterocycles. The predicted octanol–water partition coefficient (Wildman–Crippen LogP) is 4.89. The van der Waals surface area contributed by atoms with Crippen molar-refractivity contribution in [2.24, 2.45) is 10.8 Å². The summed E-state index contributed by atoms with van der Waals surface area (Å²) >= 11 is 0. The van der Waals surface area contributed by atoms with Gasteiger partial charge in [-0.05, 0) is 47.8 Å². The maximum absolute atomic E-state index is 12.2. The van der Waals surface area contributed by atoms with Crippen molar-refractivity contribution in [3.63, 3.8) is 0 Å². The Balaban J connectivity index is 2.71. The number of aliphatic hydroxyl groups excluding tert-OH is 1. The minimum Gasteiger partial charge on any atom is -0.459 e. The quantitative estimate of drug-likeness (QED) is 0.493. The van der Waals surface area contributed by atoms with E-state index in [1.54, 1.807) is 12.1 Å². The van der Waals surface area contributed by atoms with Crippen LogP contribution >= 0.6 is 0 Å². The predicted molar refractivity (Wildman–Crippen MR) is 115 cm³/mol. The van der Waals surface area contributed by atoms with Crippen molar-refractivity contribution in [3.05, 3.63) is 47.5 Å². The number of benzene rings is 1. The fraction of sp³-hybridized carbons (Fsp3) is 0.583. The summed E-state index contributed by atoms with van der Waals surface area (Å²) in [6, 6.07) is 7.46. The van der Waals surface area contributed by atoms with E-state index in [-0.39, 0.29) is 29.6 Å². The summed E-state index contributed by atoms with van der Waals surface area (Å²) in [4.78, 5) is 23.6. The Bertz CT molecular complexity index is 704. The van der Waals surface area contributed by atoms with Gasteiger partial charge in [-0.2, -0.15) is 0 Å². The van der Waals surface area contributed by atoms with Crippen molar-refractivity contribution in [1.82, 2.24) is 0 Å². The molecular weight excluding hydrogens is 368 g/mol. The SMILES string of the molecule is C=C(C)C(=O)OCC(O)COC(=O)c1ccc(C(CC(C)(C)C)C(C)(C)C)cc1. The molecule has 1 N–H and O–H groups in total. The third kappa shape index (κ3) is 8.82. The number of hydrogen-bond acceptors (Lipinski definition) is 5. The molecule has 1 aromatic rings. The molecule has 162 valence electrons. The Labute approximate surface area is 175 Å². The van der Waals surface area contributed by atoms with Gasteiger partial charge in [0.15, 0.2) is 0 Å². The largest absolute Gasteiger partial charge is 0.459 e. The summed E-state index contributed by atoms with van der Waals surface area (Å²) in [5, 5.41) is 9.81. The van der Waals surface area contributed by atoms with Gasteiger partial charge in [0.25, 0.3) is 0 Å². The van der Waals surface area contributed by atoms with Crippen LogP contribution in [-0.4, -0.2) is 36.4 Å². The number of esters is 2. The van der Waals surface area contributed by atoms with Gasteiger partial charge in [0.2, 0.25) is 0 Å². The molecule has 2 unspecified atom stereocenters. The summed E-state index contributed by atoms with van der Waals surface area (Å²) in [5.74, 6) is -0.753. The van der Waals surface area contributed by atoms with Gasteiger partial charge >= 0.3 is 11.9 Å². The monoisotopic (exact) mass is 404 g/mol. The first-order valence-electron chi connectivity index (χ1n) is 9.98. The molecule has 0 heterocycles. The molecule has 1 rings (SSSR count). The molecule has 0 amide bonds. The maximum Gasteiger partial charge on any atom is 0.338 e. The van der Waals surface area contributed by atoms with Gasteiger partial charge in [-0.15, -0.1) is 0 Å². The molecule has 0 aliphatic rings. The van der Waals surface area contributed by atoms with Crippen LogP contribution in [0.3, 0.4) is 0 Å². The average molecular weight is 405 g/mol. The van der Waals surface area contributed by atoms with Gasteiger partial charge in [-0.25, -0.2) is 9.59 Å². The molecule has 0 bridgehead atoms. The number of hydrogen-bond donors (Lipinski definition) is 1. The number of ether oxygens (including phenoxy) is 2. The third-order valence-corrected chi connectivity index (χ3v) is 4.57. The van der Waals surface area contributed by atoms with Crippen LogP contribution < -0.4 is 0 Å². The second-order valence-electron chi connectivity index (χ2n) is 9.94. The Morgan fingerprint density at radius 3 is 1.97 bits per heavy atom. The van der Waals surface area contributed by atoms with E-state index in [0.29, 0.717) is 11.5 Å². The lowest BCUT2D eigenvalue weighted by molar-refractivity contribution is -0.142. The van der Waals surface area contributed by atoms with Gasteiger partial charge in [0.1, 0.15) is 19.3 Å². The molecular formula is C24H36O5. The first-order valence-corrected chi connectivity index (χ1v) is 9.98. The molecule has 2 atom stereocenters. The van der Waals surface area contributed by atoms with Crippen LogP contribution in [0.15, 0.2) is 36.4 Å². The van der Waals surface area contributed by atoms with Crippen LogP contribution in [0.4, 0.5) is 0 Å². The number of aliphatic hydroxyl groups is 1. The molecule has 5 nitrogen and oxygen atoms in total. The topological polar surface area (TPSA) is 72.8 Å². The summed E-state index contributed by atoms with van der Waals surface area (Å²) < 4.78 is 9.97. The van der Waals surface area contributed by atoms with Crippen LogP contribution in [0.1, 0.15) is 76.7 Å². The zero-order valence-corrected chi connectivity index (χ0v) is 18.9. The van der Waals surface area contributed by atoms with E-state index in [4.69, 9.17) is 9.47 Å². The first kappa shape index (κ1) is 24.9. The lowest BCUT2D eigenvalue weighted by atomic mass is 9.69. The highest BCUT2D eigenvalue weighted by Gasteiger charge is 2.30. The third-order valence-electron chi connectivity index (χ3n) is 4.57. The van der Waals surface area contributed by atoms with Gasteiger partial charge in [-0.1, -0.05) is 60.3 Å². The minimum atomic E-state index is -1.08. The molecule has 1 aromatic carbocycles. The molecule has 0 spiro atoms. The van der Waals surface area contributed by atoms with Gasteiger partial charge in [-0.3, -0.25) is 0 Å². The second-order valence-corrected chi connectivity index (χ2v) is 9.94. The van der Waals surface area contributed by atoms with Gasteiger partial charge < -0.3 is 14.6 Å². The molecule has 0 aliphatic carbocycles. The molecule has 0 aromatic heterocycles. The van der Waals surface area contributed by atoms with Crippen LogP contribution in [-0.2, 0) is 14.3 Å². The Morgan fingerprint density at radius 1 is 1.00 bits per heavy atom. The van der Waals surface area contributed by atoms with E-state index >= 15 is 0 Å². The molecule has 5 heteroatoms. The normalized spacial score (nSPS) is 14.1. The highest BCUT2D eigenvalue weighted by molar-refractivity contribution is 5.89. The van der Waals surface area contributed by atoms with Crippen molar-refractivity contribution in [2.75, 3.05) is 13.2 Å². The number of rotatable bonds is 8. The van der Waals surface area contributed by atoms with Gasteiger partial charge in [0, 0.05) is 5.57 Å². The first-order chi connectivity index (χ1) is 13.2. The van der Waals surface area contributed by atoms with Crippen molar-refractivity contribution in [2.45, 2.75) is 66.9 Å². The smallest absolute Gasteiger partial charge is 0.338 e. The molecule has 0 aliphatic heterocycles. The maximum atomic E-state index is 12.2. The molecule has 29 heavy (non-hydrogen) atoms. The lowest BCUT2D eigenvalue weighted by Crippen LogP contribution is -2.25. The van der Waals surface area contributed by atoms with Crippen molar-refractivity contribution in [3.8, 4) is 0 Å². The molecule has 0 radical (unpaired) electrons. The van der Waals surface area contributed by atoms with Gasteiger partial charge in [0.05, 0.1) is 5.56 Å². The Hall–Kier alpha value is -2.14. The molecule has 0 fully saturated rings. The molecule has 0 saturated carbocycles. The number of carbonyl (C=O) groups is 2. The summed E-state index contributed by atoms with van der Waals surface area (Å²) in [6.07, 6.45) is -0.0476. The summed E-state index contributed by atoms with van der Waals surface area (Å²) in [5.41, 5.74) is 2.15. The average Bonchev–Trinajstić information content (AvgIpc) is 2.60. The second kappa shape index (κ2) is 10.1. The van der Waals surface area contributed by atoms with E-state index in [0.717, 1.165) is 6.42 Å². The van der Waals surface area contributed by atoms with E-state index in [2.05, 4.69) is 48.1 Å². The van der Waals surface area contributed by atoms with E-state index < -0.39 is 18.0 Å². The zero-order valence-electron chi connectivity index (χ0n) is 18.9. The van der Waals surface area contributed by atoms with Crippen LogP contribution in [0.25, 0.3) is 0 Å². The fourth-order valence-electron chi connectivity index (χ4n) is 2.99. The highest BCUT2D eigenvalue weighted by atomic mass is 16.6.